The van der Waals surface area contributed by atoms with Crippen molar-refractivity contribution in [2.24, 2.45) is 17.8 Å². The summed E-state index contributed by atoms with van der Waals surface area (Å²) in [4.78, 5) is 12.9. The smallest absolute Gasteiger partial charge is 0.251 e. The summed E-state index contributed by atoms with van der Waals surface area (Å²) in [7, 11) is -3.49. The predicted molar refractivity (Wildman–Crippen MR) is 100 cm³/mol. The number of carbonyl (C=O) groups is 1. The van der Waals surface area contributed by atoms with Gasteiger partial charge in [-0.05, 0) is 75.0 Å². The van der Waals surface area contributed by atoms with Gasteiger partial charge in [-0.15, -0.1) is 0 Å². The molecule has 26 heavy (non-hydrogen) atoms. The van der Waals surface area contributed by atoms with Gasteiger partial charge in [-0.2, -0.15) is 4.31 Å². The minimum Gasteiger partial charge on any atom is -0.349 e. The first-order chi connectivity index (χ1) is 12.4. The van der Waals surface area contributed by atoms with Crippen molar-refractivity contribution in [3.05, 3.63) is 29.8 Å². The molecular weight excluding hydrogens is 348 g/mol. The molecule has 1 saturated heterocycles. The molecule has 1 aromatic carbocycles. The molecule has 1 aromatic rings. The zero-order chi connectivity index (χ0) is 18.3. The van der Waals surface area contributed by atoms with E-state index in [9.17, 15) is 13.2 Å². The first-order valence-corrected chi connectivity index (χ1v) is 11.3. The fraction of sp³-hybridized carbons (Fsp3) is 0.650. The highest BCUT2D eigenvalue weighted by Gasteiger charge is 2.42. The summed E-state index contributed by atoms with van der Waals surface area (Å²) in [5, 5.41) is 3.12. The van der Waals surface area contributed by atoms with Crippen LogP contribution in [0.25, 0.3) is 0 Å². The van der Waals surface area contributed by atoms with Crippen LogP contribution >= 0.6 is 0 Å². The SMILES string of the molecule is C[C@H](NC(=O)c1cccc(S(=O)(=O)N2CCCC2)c1)[C@H]1C[C@@H]2CC[C@@H]1C2. The van der Waals surface area contributed by atoms with Crippen LogP contribution in [-0.4, -0.2) is 37.8 Å². The molecule has 3 fully saturated rings. The lowest BCUT2D eigenvalue weighted by Gasteiger charge is -2.28. The summed E-state index contributed by atoms with van der Waals surface area (Å²) in [6.07, 6.45) is 6.97. The van der Waals surface area contributed by atoms with Crippen molar-refractivity contribution in [2.45, 2.75) is 56.4 Å². The third-order valence-electron chi connectivity index (χ3n) is 6.59. The number of hydrogen-bond acceptors (Lipinski definition) is 3. The van der Waals surface area contributed by atoms with Gasteiger partial charge in [0.25, 0.3) is 5.91 Å². The zero-order valence-electron chi connectivity index (χ0n) is 15.4. The van der Waals surface area contributed by atoms with Crippen molar-refractivity contribution in [2.75, 3.05) is 13.1 Å². The van der Waals surface area contributed by atoms with Crippen molar-refractivity contribution >= 4 is 15.9 Å². The molecule has 4 atom stereocenters. The average Bonchev–Trinajstić information content (AvgIpc) is 3.39. The van der Waals surface area contributed by atoms with Gasteiger partial charge < -0.3 is 5.32 Å². The molecule has 0 spiro atoms. The van der Waals surface area contributed by atoms with Gasteiger partial charge in [-0.3, -0.25) is 4.79 Å². The molecular formula is C20H28N2O3S. The van der Waals surface area contributed by atoms with E-state index in [-0.39, 0.29) is 16.8 Å². The van der Waals surface area contributed by atoms with Crippen molar-refractivity contribution in [3.8, 4) is 0 Å². The molecule has 0 unspecified atom stereocenters. The van der Waals surface area contributed by atoms with E-state index in [4.69, 9.17) is 0 Å². The number of hydrogen-bond donors (Lipinski definition) is 1. The summed E-state index contributed by atoms with van der Waals surface area (Å²) in [6, 6.07) is 6.61. The van der Waals surface area contributed by atoms with Crippen LogP contribution < -0.4 is 5.32 Å². The number of nitrogens with one attached hydrogen (secondary N) is 1. The highest BCUT2D eigenvalue weighted by atomic mass is 32.2. The second-order valence-corrected chi connectivity index (χ2v) is 10.2. The number of rotatable bonds is 5. The first kappa shape index (κ1) is 18.0. The normalized spacial score (nSPS) is 29.8. The topological polar surface area (TPSA) is 66.5 Å². The van der Waals surface area contributed by atoms with E-state index in [1.165, 1.54) is 36.1 Å². The summed E-state index contributed by atoms with van der Waals surface area (Å²) >= 11 is 0. The van der Waals surface area contributed by atoms with Gasteiger partial charge in [-0.25, -0.2) is 8.42 Å². The predicted octanol–water partition coefficient (Wildman–Crippen LogP) is 3.03. The third kappa shape index (κ3) is 3.29. The Morgan fingerprint density at radius 2 is 1.96 bits per heavy atom. The number of amides is 1. The maximum absolute atomic E-state index is 12.7. The van der Waals surface area contributed by atoms with Crippen LogP contribution in [0.4, 0.5) is 0 Å². The third-order valence-corrected chi connectivity index (χ3v) is 8.49. The van der Waals surface area contributed by atoms with Gasteiger partial charge in [0.1, 0.15) is 0 Å². The minimum absolute atomic E-state index is 0.136. The zero-order valence-corrected chi connectivity index (χ0v) is 16.2. The quantitative estimate of drug-likeness (QED) is 0.859. The Morgan fingerprint density at radius 1 is 1.19 bits per heavy atom. The van der Waals surface area contributed by atoms with Crippen LogP contribution in [-0.2, 0) is 10.0 Å². The largest absolute Gasteiger partial charge is 0.349 e. The van der Waals surface area contributed by atoms with Gasteiger partial charge in [0.05, 0.1) is 4.90 Å². The second-order valence-electron chi connectivity index (χ2n) is 8.24. The highest BCUT2D eigenvalue weighted by Crippen LogP contribution is 2.49. The maximum atomic E-state index is 12.7. The number of nitrogens with zero attached hydrogens (tertiary/aromatic N) is 1. The Bertz CT molecular complexity index is 786. The van der Waals surface area contributed by atoms with E-state index in [0.29, 0.717) is 24.6 Å². The van der Waals surface area contributed by atoms with Crippen molar-refractivity contribution in [3.63, 3.8) is 0 Å². The Balaban J connectivity index is 1.46. The lowest BCUT2D eigenvalue weighted by atomic mass is 9.84. The van der Waals surface area contributed by atoms with E-state index in [1.807, 2.05) is 0 Å². The van der Waals surface area contributed by atoms with Gasteiger partial charge >= 0.3 is 0 Å². The molecule has 5 nitrogen and oxygen atoms in total. The van der Waals surface area contributed by atoms with Crippen LogP contribution in [0, 0.1) is 17.8 Å². The molecule has 1 aliphatic heterocycles. The number of sulfonamides is 1. The number of benzene rings is 1. The van der Waals surface area contributed by atoms with E-state index >= 15 is 0 Å². The Labute approximate surface area is 156 Å². The van der Waals surface area contributed by atoms with Crippen molar-refractivity contribution in [1.29, 1.82) is 0 Å². The molecule has 4 rings (SSSR count). The summed E-state index contributed by atoms with van der Waals surface area (Å²) in [5.74, 6) is 1.99. The van der Waals surface area contributed by atoms with Crippen LogP contribution in [0.2, 0.25) is 0 Å². The number of fused-ring (bicyclic) bond motifs is 2. The van der Waals surface area contributed by atoms with Crippen LogP contribution in [0.15, 0.2) is 29.2 Å². The molecule has 2 bridgehead atoms. The van der Waals surface area contributed by atoms with E-state index in [1.54, 1.807) is 18.2 Å². The molecule has 142 valence electrons. The Morgan fingerprint density at radius 3 is 2.62 bits per heavy atom. The van der Waals surface area contributed by atoms with Gasteiger partial charge in [-0.1, -0.05) is 12.5 Å². The van der Waals surface area contributed by atoms with E-state index in [0.717, 1.165) is 24.7 Å². The lowest BCUT2D eigenvalue weighted by Crippen LogP contribution is -2.40. The molecule has 2 aliphatic carbocycles. The standard InChI is InChI=1S/C20H28N2O3S/c1-14(19-12-15-7-8-16(19)11-15)21-20(23)17-5-4-6-18(13-17)26(24,25)22-9-2-3-10-22/h4-6,13-16,19H,2-3,7-12H2,1H3,(H,21,23)/t14-,15+,16+,19+/m0/s1. The molecule has 1 N–H and O–H groups in total. The first-order valence-electron chi connectivity index (χ1n) is 9.86. The molecule has 3 aliphatic rings. The fourth-order valence-electron chi connectivity index (χ4n) is 5.18. The van der Waals surface area contributed by atoms with Gasteiger partial charge in [0.15, 0.2) is 0 Å². The highest BCUT2D eigenvalue weighted by molar-refractivity contribution is 7.89. The Kier molecular flexibility index (Phi) is 4.82. The summed E-state index contributed by atoms with van der Waals surface area (Å²) in [6.45, 7) is 3.23. The van der Waals surface area contributed by atoms with Crippen LogP contribution in [0.1, 0.15) is 55.8 Å². The summed E-state index contributed by atoms with van der Waals surface area (Å²) < 4.78 is 27.0. The minimum atomic E-state index is -3.49. The molecule has 2 saturated carbocycles. The van der Waals surface area contributed by atoms with E-state index in [2.05, 4.69) is 12.2 Å². The molecule has 0 aromatic heterocycles. The Hall–Kier alpha value is -1.40. The van der Waals surface area contributed by atoms with Gasteiger partial charge in [0.2, 0.25) is 10.0 Å². The second kappa shape index (κ2) is 6.97. The maximum Gasteiger partial charge on any atom is 0.251 e. The van der Waals surface area contributed by atoms with Crippen molar-refractivity contribution in [1.82, 2.24) is 9.62 Å². The summed E-state index contributed by atoms with van der Waals surface area (Å²) in [5.41, 5.74) is 0.431. The van der Waals surface area contributed by atoms with Crippen molar-refractivity contribution < 1.29 is 13.2 Å². The average molecular weight is 377 g/mol. The molecule has 0 radical (unpaired) electrons. The molecule has 1 heterocycles. The van der Waals surface area contributed by atoms with Crippen LogP contribution in [0.5, 0.6) is 0 Å². The van der Waals surface area contributed by atoms with E-state index < -0.39 is 10.0 Å². The van der Waals surface area contributed by atoms with Crippen LogP contribution in [0.3, 0.4) is 0 Å². The lowest BCUT2D eigenvalue weighted by molar-refractivity contribution is 0.0915. The monoisotopic (exact) mass is 376 g/mol. The van der Waals surface area contributed by atoms with Gasteiger partial charge in [0, 0.05) is 24.7 Å². The molecule has 1 amide bonds. The number of carbonyl (C=O) groups excluding carboxylic acids is 1. The fourth-order valence-corrected chi connectivity index (χ4v) is 6.74. The molecule has 6 heteroatoms.